The van der Waals surface area contributed by atoms with Crippen LogP contribution in [0.2, 0.25) is 0 Å². The number of nitrogens with one attached hydrogen (secondary N) is 1. The van der Waals surface area contributed by atoms with Crippen molar-refractivity contribution in [3.05, 3.63) is 35.6 Å². The Morgan fingerprint density at radius 2 is 2.15 bits per heavy atom. The lowest BCUT2D eigenvalue weighted by molar-refractivity contribution is 0.0663. The molecule has 0 bridgehead atoms. The molecule has 0 spiro atoms. The Balaban J connectivity index is 1.82. The maximum atomic E-state index is 11.3. The molecular weight excluding hydrogens is 254 g/mol. The fraction of sp³-hybridized carbons (Fsp3) is 0.438. The third kappa shape index (κ3) is 2.31. The highest BCUT2D eigenvalue weighted by atomic mass is 16.4. The van der Waals surface area contributed by atoms with E-state index in [9.17, 15) is 9.90 Å². The van der Waals surface area contributed by atoms with Crippen LogP contribution in [0, 0.1) is 5.41 Å². The van der Waals surface area contributed by atoms with Crippen LogP contribution >= 0.6 is 0 Å². The Kier molecular flexibility index (Phi) is 3.26. The predicted molar refractivity (Wildman–Crippen MR) is 76.8 cm³/mol. The number of benzene rings is 1. The largest absolute Gasteiger partial charge is 0.475 e. The van der Waals surface area contributed by atoms with E-state index in [0.29, 0.717) is 17.5 Å². The average Bonchev–Trinajstić information content (AvgIpc) is 3.13. The molecule has 1 saturated carbocycles. The van der Waals surface area contributed by atoms with Gasteiger partial charge in [0.25, 0.3) is 0 Å². The minimum Gasteiger partial charge on any atom is -0.475 e. The van der Waals surface area contributed by atoms with Crippen molar-refractivity contribution in [2.75, 3.05) is 6.54 Å². The molecule has 1 aliphatic rings. The Hall–Kier alpha value is -1.81. The van der Waals surface area contributed by atoms with E-state index in [-0.39, 0.29) is 5.76 Å². The van der Waals surface area contributed by atoms with Gasteiger partial charge in [-0.1, -0.05) is 25.1 Å². The van der Waals surface area contributed by atoms with E-state index in [0.717, 1.165) is 17.5 Å². The van der Waals surface area contributed by atoms with E-state index >= 15 is 0 Å². The number of furan rings is 1. The Morgan fingerprint density at radius 3 is 2.80 bits per heavy atom. The van der Waals surface area contributed by atoms with E-state index in [2.05, 4.69) is 12.2 Å². The van der Waals surface area contributed by atoms with Crippen molar-refractivity contribution in [2.45, 2.75) is 32.7 Å². The van der Waals surface area contributed by atoms with Crippen LogP contribution in [0.1, 0.15) is 42.3 Å². The molecule has 3 rings (SSSR count). The average molecular weight is 273 g/mol. The monoisotopic (exact) mass is 273 g/mol. The number of carbonyl (C=O) groups is 1. The molecular formula is C16H19NO3. The highest BCUT2D eigenvalue weighted by molar-refractivity contribution is 5.95. The third-order valence-electron chi connectivity index (χ3n) is 4.40. The van der Waals surface area contributed by atoms with Crippen LogP contribution in [0.5, 0.6) is 0 Å². The number of carboxylic acids is 1. The van der Waals surface area contributed by atoms with Gasteiger partial charge < -0.3 is 14.8 Å². The molecule has 0 unspecified atom stereocenters. The fourth-order valence-corrected chi connectivity index (χ4v) is 2.73. The van der Waals surface area contributed by atoms with Crippen LogP contribution in [0.25, 0.3) is 11.0 Å². The summed E-state index contributed by atoms with van der Waals surface area (Å²) in [4.78, 5) is 11.3. The second-order valence-electron chi connectivity index (χ2n) is 5.67. The minimum absolute atomic E-state index is 0.0556. The van der Waals surface area contributed by atoms with Crippen molar-refractivity contribution in [3.8, 4) is 0 Å². The SMILES string of the molecule is CCC1(CNCc2c(C(=O)O)oc3ccccc23)CC1. The zero-order valence-electron chi connectivity index (χ0n) is 11.6. The van der Waals surface area contributed by atoms with Gasteiger partial charge in [0.1, 0.15) is 5.58 Å². The summed E-state index contributed by atoms with van der Waals surface area (Å²) in [5.41, 5.74) is 1.83. The molecule has 1 aliphatic carbocycles. The Bertz CT molecular complexity index is 640. The van der Waals surface area contributed by atoms with Gasteiger partial charge in [0.2, 0.25) is 5.76 Å². The van der Waals surface area contributed by atoms with E-state index in [4.69, 9.17) is 4.42 Å². The molecule has 1 aromatic heterocycles. The van der Waals surface area contributed by atoms with Gasteiger partial charge in [-0.3, -0.25) is 0 Å². The van der Waals surface area contributed by atoms with Crippen LogP contribution in [0.3, 0.4) is 0 Å². The quantitative estimate of drug-likeness (QED) is 0.846. The molecule has 0 radical (unpaired) electrons. The molecule has 1 fully saturated rings. The number of para-hydroxylation sites is 1. The first-order chi connectivity index (χ1) is 9.65. The van der Waals surface area contributed by atoms with Crippen molar-refractivity contribution >= 4 is 16.9 Å². The second kappa shape index (κ2) is 4.94. The zero-order chi connectivity index (χ0) is 14.2. The summed E-state index contributed by atoms with van der Waals surface area (Å²) in [6.07, 6.45) is 3.72. The molecule has 0 atom stereocenters. The topological polar surface area (TPSA) is 62.5 Å². The van der Waals surface area contributed by atoms with Gasteiger partial charge in [-0.05, 0) is 30.7 Å². The Labute approximate surface area is 117 Å². The first kappa shape index (κ1) is 13.2. The maximum Gasteiger partial charge on any atom is 0.372 e. The molecule has 1 aromatic carbocycles. The van der Waals surface area contributed by atoms with Gasteiger partial charge in [0.15, 0.2) is 0 Å². The third-order valence-corrected chi connectivity index (χ3v) is 4.40. The van der Waals surface area contributed by atoms with Gasteiger partial charge in [-0.15, -0.1) is 0 Å². The minimum atomic E-state index is -1.00. The summed E-state index contributed by atoms with van der Waals surface area (Å²) >= 11 is 0. The summed E-state index contributed by atoms with van der Waals surface area (Å²) in [6.45, 7) is 3.70. The molecule has 0 saturated heterocycles. The summed E-state index contributed by atoms with van der Waals surface area (Å²) < 4.78 is 5.45. The smallest absolute Gasteiger partial charge is 0.372 e. The van der Waals surface area contributed by atoms with Crippen LogP contribution in [0.15, 0.2) is 28.7 Å². The van der Waals surface area contributed by atoms with Crippen molar-refractivity contribution in [1.29, 1.82) is 0 Å². The highest BCUT2D eigenvalue weighted by Crippen LogP contribution is 2.47. The molecule has 106 valence electrons. The molecule has 20 heavy (non-hydrogen) atoms. The molecule has 2 aromatic rings. The molecule has 4 nitrogen and oxygen atoms in total. The lowest BCUT2D eigenvalue weighted by atomic mass is 10.0. The lowest BCUT2D eigenvalue weighted by Crippen LogP contribution is -2.23. The van der Waals surface area contributed by atoms with Crippen molar-refractivity contribution in [3.63, 3.8) is 0 Å². The van der Waals surface area contributed by atoms with E-state index in [1.807, 2.05) is 18.2 Å². The van der Waals surface area contributed by atoms with Crippen LogP contribution in [0.4, 0.5) is 0 Å². The number of aromatic carboxylic acids is 1. The number of hydrogen-bond acceptors (Lipinski definition) is 3. The number of hydrogen-bond donors (Lipinski definition) is 2. The predicted octanol–water partition coefficient (Wildman–Crippen LogP) is 3.41. The first-order valence-electron chi connectivity index (χ1n) is 7.10. The van der Waals surface area contributed by atoms with Gasteiger partial charge in [0, 0.05) is 24.0 Å². The summed E-state index contributed by atoms with van der Waals surface area (Å²) in [7, 11) is 0. The normalized spacial score (nSPS) is 16.4. The highest BCUT2D eigenvalue weighted by Gasteiger charge is 2.40. The van der Waals surface area contributed by atoms with Gasteiger partial charge in [-0.25, -0.2) is 4.79 Å². The lowest BCUT2D eigenvalue weighted by Gasteiger charge is -2.13. The Morgan fingerprint density at radius 1 is 1.40 bits per heavy atom. The van der Waals surface area contributed by atoms with Gasteiger partial charge in [0.05, 0.1) is 0 Å². The number of fused-ring (bicyclic) bond motifs is 1. The molecule has 0 amide bonds. The zero-order valence-corrected chi connectivity index (χ0v) is 11.6. The summed E-state index contributed by atoms with van der Waals surface area (Å²) in [5, 5.41) is 13.6. The molecule has 4 heteroatoms. The molecule has 0 aliphatic heterocycles. The van der Waals surface area contributed by atoms with Crippen LogP contribution in [-0.4, -0.2) is 17.6 Å². The van der Waals surface area contributed by atoms with Gasteiger partial charge >= 0.3 is 5.97 Å². The van der Waals surface area contributed by atoms with E-state index < -0.39 is 5.97 Å². The van der Waals surface area contributed by atoms with Crippen LogP contribution < -0.4 is 5.32 Å². The van der Waals surface area contributed by atoms with Crippen molar-refractivity contribution < 1.29 is 14.3 Å². The summed E-state index contributed by atoms with van der Waals surface area (Å²) in [6, 6.07) is 7.47. The summed E-state index contributed by atoms with van der Waals surface area (Å²) in [5.74, 6) is -0.949. The fourth-order valence-electron chi connectivity index (χ4n) is 2.73. The molecule has 1 heterocycles. The van der Waals surface area contributed by atoms with Crippen molar-refractivity contribution in [1.82, 2.24) is 5.32 Å². The number of rotatable bonds is 6. The first-order valence-corrected chi connectivity index (χ1v) is 7.10. The maximum absolute atomic E-state index is 11.3. The van der Waals surface area contributed by atoms with Gasteiger partial charge in [-0.2, -0.15) is 0 Å². The standard InChI is InChI=1S/C16H19NO3/c1-2-16(7-8-16)10-17-9-12-11-5-3-4-6-13(11)20-14(12)15(18)19/h3-6,17H,2,7-10H2,1H3,(H,18,19). The molecule has 2 N–H and O–H groups in total. The van der Waals surface area contributed by atoms with Crippen LogP contribution in [-0.2, 0) is 6.54 Å². The number of carboxylic acid groups (broad SMARTS) is 1. The van der Waals surface area contributed by atoms with E-state index in [1.165, 1.54) is 19.3 Å². The van der Waals surface area contributed by atoms with E-state index in [1.54, 1.807) is 6.07 Å². The van der Waals surface area contributed by atoms with Crippen molar-refractivity contribution in [2.24, 2.45) is 5.41 Å². The second-order valence-corrected chi connectivity index (χ2v) is 5.67.